The Morgan fingerprint density at radius 2 is 1.92 bits per heavy atom. The van der Waals surface area contributed by atoms with E-state index in [1.54, 1.807) is 11.0 Å². The zero-order valence-corrected chi connectivity index (χ0v) is 15.9. The van der Waals surface area contributed by atoms with Gasteiger partial charge in [0.05, 0.1) is 15.8 Å². The van der Waals surface area contributed by atoms with E-state index < -0.39 is 5.82 Å². The molecule has 26 heavy (non-hydrogen) atoms. The van der Waals surface area contributed by atoms with Crippen molar-refractivity contribution in [2.75, 3.05) is 4.90 Å². The first kappa shape index (κ1) is 17.6. The Hall–Kier alpha value is -1.82. The van der Waals surface area contributed by atoms with Gasteiger partial charge in [-0.2, -0.15) is 0 Å². The fourth-order valence-corrected chi connectivity index (χ4v) is 4.79. The van der Waals surface area contributed by atoms with Crippen molar-refractivity contribution < 1.29 is 9.18 Å². The monoisotopic (exact) mass is 406 g/mol. The van der Waals surface area contributed by atoms with Crippen molar-refractivity contribution in [3.8, 4) is 0 Å². The summed E-state index contributed by atoms with van der Waals surface area (Å²) in [5.74, 6) is -0.600. The number of carbonyl (C=O) groups is 1. The van der Waals surface area contributed by atoms with Crippen molar-refractivity contribution in [1.29, 1.82) is 0 Å². The molecule has 0 spiro atoms. The van der Waals surface area contributed by atoms with E-state index in [0.717, 1.165) is 16.5 Å². The Balaban J connectivity index is 1.84. The smallest absolute Gasteiger partial charge is 0.241 e. The summed E-state index contributed by atoms with van der Waals surface area (Å²) >= 11 is 13.8. The highest BCUT2D eigenvalue weighted by Gasteiger charge is 2.41. The lowest BCUT2D eigenvalue weighted by Crippen LogP contribution is -2.30. The molecule has 1 aliphatic heterocycles. The maximum atomic E-state index is 13.5. The van der Waals surface area contributed by atoms with Crippen LogP contribution in [0.15, 0.2) is 48.5 Å². The zero-order chi connectivity index (χ0) is 18.4. The van der Waals surface area contributed by atoms with Crippen LogP contribution >= 0.6 is 35.0 Å². The number of hydrogen-bond acceptors (Lipinski definition) is 3. The highest BCUT2D eigenvalue weighted by molar-refractivity contribution is 8.01. The number of benzene rings is 2. The van der Waals surface area contributed by atoms with Crippen LogP contribution in [0.5, 0.6) is 0 Å². The van der Waals surface area contributed by atoms with Crippen LogP contribution in [0, 0.1) is 5.82 Å². The van der Waals surface area contributed by atoms with Gasteiger partial charge < -0.3 is 0 Å². The van der Waals surface area contributed by atoms with Crippen molar-refractivity contribution in [1.82, 2.24) is 4.98 Å². The molecule has 3 aromatic rings. The average Bonchev–Trinajstić information content (AvgIpc) is 2.92. The minimum atomic E-state index is -0.523. The first-order valence-electron chi connectivity index (χ1n) is 7.94. The molecule has 1 aromatic heterocycles. The Bertz CT molecular complexity index is 1030. The van der Waals surface area contributed by atoms with Crippen LogP contribution in [0.1, 0.15) is 17.9 Å². The van der Waals surface area contributed by atoms with E-state index in [2.05, 4.69) is 4.98 Å². The topological polar surface area (TPSA) is 33.2 Å². The maximum absolute atomic E-state index is 13.5. The van der Waals surface area contributed by atoms with Gasteiger partial charge in [0.2, 0.25) is 5.91 Å². The summed E-state index contributed by atoms with van der Waals surface area (Å²) < 4.78 is 13.5. The Labute approximate surface area is 164 Å². The van der Waals surface area contributed by atoms with Crippen LogP contribution in [0.25, 0.3) is 10.9 Å². The maximum Gasteiger partial charge on any atom is 0.241 e. The molecular formula is C19H13Cl2FN2OS. The predicted octanol–water partition coefficient (Wildman–Crippen LogP) is 5.85. The van der Waals surface area contributed by atoms with Crippen molar-refractivity contribution in [2.45, 2.75) is 17.5 Å². The molecule has 2 atom stereocenters. The molecule has 2 unspecified atom stereocenters. The minimum absolute atomic E-state index is 0.0265. The van der Waals surface area contributed by atoms with Crippen LogP contribution in [0.2, 0.25) is 10.2 Å². The van der Waals surface area contributed by atoms with Gasteiger partial charge in [0, 0.05) is 16.6 Å². The highest BCUT2D eigenvalue weighted by atomic mass is 35.5. The second-order valence-electron chi connectivity index (χ2n) is 6.00. The molecule has 1 saturated heterocycles. The second kappa shape index (κ2) is 6.72. The van der Waals surface area contributed by atoms with Crippen molar-refractivity contribution in [2.24, 2.45) is 0 Å². The predicted molar refractivity (Wildman–Crippen MR) is 105 cm³/mol. The summed E-state index contributed by atoms with van der Waals surface area (Å²) in [7, 11) is 0. The van der Waals surface area contributed by atoms with Crippen LogP contribution in [0.4, 0.5) is 10.1 Å². The summed E-state index contributed by atoms with van der Waals surface area (Å²) in [6.45, 7) is 1.84. The third-order valence-electron chi connectivity index (χ3n) is 4.30. The van der Waals surface area contributed by atoms with Gasteiger partial charge in [-0.05, 0) is 37.3 Å². The van der Waals surface area contributed by atoms with E-state index >= 15 is 0 Å². The van der Waals surface area contributed by atoms with Gasteiger partial charge >= 0.3 is 0 Å². The fraction of sp³-hybridized carbons (Fsp3) is 0.158. The molecule has 3 nitrogen and oxygen atoms in total. The number of halogens is 3. The van der Waals surface area contributed by atoms with E-state index in [9.17, 15) is 9.18 Å². The summed E-state index contributed by atoms with van der Waals surface area (Å²) in [6, 6.07) is 13.9. The normalized spacial score (nSPS) is 20.2. The molecule has 0 bridgehead atoms. The number of fused-ring (bicyclic) bond motifs is 1. The highest BCUT2D eigenvalue weighted by Crippen LogP contribution is 2.47. The van der Waals surface area contributed by atoms with Gasteiger partial charge in [-0.1, -0.05) is 41.4 Å². The van der Waals surface area contributed by atoms with Gasteiger partial charge in [0.1, 0.15) is 16.3 Å². The van der Waals surface area contributed by atoms with Crippen molar-refractivity contribution in [3.63, 3.8) is 0 Å². The minimum Gasteiger partial charge on any atom is -0.295 e. The van der Waals surface area contributed by atoms with Gasteiger partial charge in [0.15, 0.2) is 0 Å². The van der Waals surface area contributed by atoms with E-state index in [1.807, 2.05) is 37.3 Å². The first-order chi connectivity index (χ1) is 12.5. The molecule has 2 aromatic carbocycles. The Morgan fingerprint density at radius 1 is 1.15 bits per heavy atom. The molecule has 1 amide bonds. The number of carbonyl (C=O) groups excluding carboxylic acids is 1. The molecule has 0 N–H and O–H groups in total. The van der Waals surface area contributed by atoms with E-state index in [0.29, 0.717) is 10.8 Å². The molecule has 2 heterocycles. The van der Waals surface area contributed by atoms with Gasteiger partial charge in [-0.15, -0.1) is 11.8 Å². The fourth-order valence-electron chi connectivity index (χ4n) is 3.02. The standard InChI is InChI=1S/C19H13Cl2FN2OS/c1-10-18(25)24(12-6-7-15(22)14(20)9-12)19(26-10)13-8-11-4-2-3-5-16(11)23-17(13)21/h2-10,19H,1H3. The molecular weight excluding hydrogens is 394 g/mol. The number of hydrogen-bond donors (Lipinski definition) is 0. The largest absolute Gasteiger partial charge is 0.295 e. The molecule has 132 valence electrons. The number of thioether (sulfide) groups is 1. The number of nitrogens with zero attached hydrogens (tertiary/aromatic N) is 2. The number of pyridine rings is 1. The molecule has 7 heteroatoms. The molecule has 0 aliphatic carbocycles. The molecule has 0 radical (unpaired) electrons. The summed E-state index contributed by atoms with van der Waals surface area (Å²) in [5.41, 5.74) is 2.07. The number of rotatable bonds is 2. The van der Waals surface area contributed by atoms with Crippen LogP contribution in [0.3, 0.4) is 0 Å². The molecule has 4 rings (SSSR count). The van der Waals surface area contributed by atoms with Crippen molar-refractivity contribution in [3.05, 3.63) is 70.1 Å². The van der Waals surface area contributed by atoms with E-state index in [-0.39, 0.29) is 21.6 Å². The van der Waals surface area contributed by atoms with Gasteiger partial charge in [-0.3, -0.25) is 9.69 Å². The molecule has 1 aliphatic rings. The van der Waals surface area contributed by atoms with Crippen LogP contribution in [-0.4, -0.2) is 16.1 Å². The Kier molecular flexibility index (Phi) is 4.55. The number of para-hydroxylation sites is 1. The van der Waals surface area contributed by atoms with Crippen LogP contribution in [-0.2, 0) is 4.79 Å². The van der Waals surface area contributed by atoms with E-state index in [4.69, 9.17) is 23.2 Å². The molecule has 0 saturated carbocycles. The van der Waals surface area contributed by atoms with E-state index in [1.165, 1.54) is 23.9 Å². The zero-order valence-electron chi connectivity index (χ0n) is 13.6. The van der Waals surface area contributed by atoms with Gasteiger partial charge in [0.25, 0.3) is 0 Å². The lowest BCUT2D eigenvalue weighted by atomic mass is 10.1. The summed E-state index contributed by atoms with van der Waals surface area (Å²) in [5, 5.41) is 0.647. The molecule has 1 fully saturated rings. The second-order valence-corrected chi connectivity index (χ2v) is 8.19. The third-order valence-corrected chi connectivity index (χ3v) is 6.23. The van der Waals surface area contributed by atoms with Crippen molar-refractivity contribution >= 4 is 57.5 Å². The SMILES string of the molecule is CC1SC(c2cc3ccccc3nc2Cl)N(c2ccc(F)c(Cl)c2)C1=O. The lowest BCUT2D eigenvalue weighted by Gasteiger charge is -2.25. The third kappa shape index (κ3) is 2.94. The first-order valence-corrected chi connectivity index (χ1v) is 9.64. The number of anilines is 1. The number of aromatic nitrogens is 1. The quantitative estimate of drug-likeness (QED) is 0.500. The lowest BCUT2D eigenvalue weighted by molar-refractivity contribution is -0.117. The van der Waals surface area contributed by atoms with Crippen LogP contribution < -0.4 is 4.90 Å². The average molecular weight is 407 g/mol. The van der Waals surface area contributed by atoms with Gasteiger partial charge in [-0.25, -0.2) is 9.37 Å². The summed E-state index contributed by atoms with van der Waals surface area (Å²) in [4.78, 5) is 18.8. The Morgan fingerprint density at radius 3 is 2.69 bits per heavy atom. The summed E-state index contributed by atoms with van der Waals surface area (Å²) in [6.07, 6.45) is 0. The number of amides is 1.